The number of benzene rings is 3. The Morgan fingerprint density at radius 3 is 1.72 bits per heavy atom. The van der Waals surface area contributed by atoms with Gasteiger partial charge in [-0.2, -0.15) is 18.2 Å². The molecular formula is C30H35F3NPPt. The summed E-state index contributed by atoms with van der Waals surface area (Å²) in [6.07, 6.45) is 3.50. The third-order valence-corrected chi connectivity index (χ3v) is 8.53. The molecule has 3 aromatic carbocycles. The van der Waals surface area contributed by atoms with E-state index in [0.717, 1.165) is 0 Å². The maximum Gasteiger partial charge on any atom is 0.0267 e. The van der Waals surface area contributed by atoms with Gasteiger partial charge in [-0.3, -0.25) is 4.98 Å². The van der Waals surface area contributed by atoms with Gasteiger partial charge in [0, 0.05) is 18.2 Å². The average molecular weight is 693 g/mol. The molecule has 0 fully saturated rings. The largest absolute Gasteiger partial charge is 0.265 e. The summed E-state index contributed by atoms with van der Waals surface area (Å²) in [6, 6.07) is 28.5. The molecule has 0 unspecified atom stereocenters. The van der Waals surface area contributed by atoms with Crippen molar-refractivity contribution in [2.24, 2.45) is 0 Å². The summed E-state index contributed by atoms with van der Waals surface area (Å²) in [5, 5.41) is 4.75. The molecule has 0 bridgehead atoms. The first-order valence-electron chi connectivity index (χ1n) is 11.4. The molecule has 196 valence electrons. The van der Waals surface area contributed by atoms with Gasteiger partial charge in [0.05, 0.1) is 0 Å². The zero-order chi connectivity index (χ0) is 27.2. The van der Waals surface area contributed by atoms with E-state index in [0.29, 0.717) is 0 Å². The fraction of sp³-hybridized carbons (Fsp3) is 0.300. The minimum atomic E-state index is -2.42. The van der Waals surface area contributed by atoms with Crippen LogP contribution < -0.4 is 5.30 Å². The van der Waals surface area contributed by atoms with Crippen molar-refractivity contribution < 1.29 is 30.3 Å². The van der Waals surface area contributed by atoms with Crippen LogP contribution in [-0.2, 0) is 19.6 Å². The predicted molar refractivity (Wildman–Crippen MR) is 145 cm³/mol. The van der Waals surface area contributed by atoms with Crippen LogP contribution in [0.2, 0.25) is 0 Å². The third kappa shape index (κ3) is 11.4. The van der Waals surface area contributed by atoms with Crippen molar-refractivity contribution in [3.63, 3.8) is 0 Å². The van der Waals surface area contributed by atoms with Gasteiger partial charge >= 0.3 is 25.9 Å². The van der Waals surface area contributed by atoms with Crippen LogP contribution in [0.3, 0.4) is 0 Å². The molecule has 0 radical (unpaired) electrons. The first-order chi connectivity index (χ1) is 16.9. The minimum Gasteiger partial charge on any atom is -0.265 e. The molecule has 0 aliphatic heterocycles. The van der Waals surface area contributed by atoms with E-state index in [2.05, 4.69) is 89.8 Å². The number of rotatable bonds is 1. The van der Waals surface area contributed by atoms with E-state index in [9.17, 15) is 10.7 Å². The fourth-order valence-corrected chi connectivity index (χ4v) is 8.13. The summed E-state index contributed by atoms with van der Waals surface area (Å²) < 4.78 is 31.4. The molecule has 1 aromatic heterocycles. The first kappa shape index (κ1) is 32.0. The minimum absolute atomic E-state index is 0.209. The molecule has 0 spiro atoms. The van der Waals surface area contributed by atoms with Crippen LogP contribution in [0.5, 0.6) is 0 Å². The van der Waals surface area contributed by atoms with Gasteiger partial charge in [0.2, 0.25) is 0 Å². The monoisotopic (exact) mass is 692 g/mol. The Morgan fingerprint density at radius 2 is 1.33 bits per heavy atom. The second-order valence-corrected chi connectivity index (χ2v) is 14.0. The van der Waals surface area contributed by atoms with Crippen molar-refractivity contribution >= 4 is 24.0 Å². The second-order valence-electron chi connectivity index (χ2n) is 9.83. The number of nitrogens with zero attached hydrogens (tertiary/aromatic N) is 1. The van der Waals surface area contributed by atoms with Gasteiger partial charge < -0.3 is 0 Å². The maximum absolute atomic E-state index is 11.9. The van der Waals surface area contributed by atoms with E-state index in [-0.39, 0.29) is 24.1 Å². The quantitative estimate of drug-likeness (QED) is 0.143. The van der Waals surface area contributed by atoms with E-state index >= 15 is 0 Å². The molecule has 4 rings (SSSR count). The fourth-order valence-electron chi connectivity index (χ4n) is 3.93. The molecule has 0 saturated heterocycles. The number of fused-ring (bicyclic) bond motifs is 1. The van der Waals surface area contributed by atoms with Gasteiger partial charge in [0.15, 0.2) is 0 Å². The van der Waals surface area contributed by atoms with Crippen molar-refractivity contribution in [1.29, 1.82) is 0 Å². The average Bonchev–Trinajstić information content (AvgIpc) is 2.82. The van der Waals surface area contributed by atoms with Gasteiger partial charge in [-0.15, -0.1) is 55.1 Å². The van der Waals surface area contributed by atoms with E-state index < -0.39 is 19.6 Å². The van der Waals surface area contributed by atoms with Crippen LogP contribution in [0.4, 0.5) is 10.7 Å². The molecule has 0 saturated carbocycles. The molecule has 0 atom stereocenters. The SMILES string of the molecule is Cc1ccc2ccc[c-]c2c1P(C(C)(C)C)C(C)(C)C.Fc1cc[c-]cc1.[F][Pt+2][F].c1ccncc1. The van der Waals surface area contributed by atoms with Gasteiger partial charge in [-0.05, 0) is 29.4 Å². The topological polar surface area (TPSA) is 12.9 Å². The number of aryl methyl sites for hydroxylation is 1. The van der Waals surface area contributed by atoms with Gasteiger partial charge in [0.25, 0.3) is 0 Å². The van der Waals surface area contributed by atoms with Crippen LogP contribution in [0.1, 0.15) is 47.1 Å². The van der Waals surface area contributed by atoms with Crippen molar-refractivity contribution in [2.75, 3.05) is 0 Å². The molecule has 1 heterocycles. The number of aromatic nitrogens is 1. The molecule has 1 nitrogen and oxygen atoms in total. The van der Waals surface area contributed by atoms with Crippen molar-refractivity contribution in [1.82, 2.24) is 4.98 Å². The summed E-state index contributed by atoms with van der Waals surface area (Å²) in [5.41, 5.74) is 1.41. The molecule has 4 aromatic rings. The molecule has 36 heavy (non-hydrogen) atoms. The van der Waals surface area contributed by atoms with E-state index in [1.807, 2.05) is 24.3 Å². The third-order valence-electron chi connectivity index (χ3n) is 4.82. The van der Waals surface area contributed by atoms with Crippen molar-refractivity contribution in [2.45, 2.75) is 58.8 Å². The Kier molecular flexibility index (Phi) is 14.2. The molecule has 0 amide bonds. The number of pyridine rings is 1. The molecule has 0 N–H and O–H groups in total. The van der Waals surface area contributed by atoms with Gasteiger partial charge in [-0.25, -0.2) is 4.39 Å². The zero-order valence-electron chi connectivity index (χ0n) is 21.9. The van der Waals surface area contributed by atoms with Crippen LogP contribution in [0.15, 0.2) is 85.2 Å². The Balaban J connectivity index is 0.000000327. The zero-order valence-corrected chi connectivity index (χ0v) is 25.1. The number of hydrogen-bond acceptors (Lipinski definition) is 1. The van der Waals surface area contributed by atoms with Crippen molar-refractivity contribution in [3.05, 3.63) is 109 Å². The summed E-state index contributed by atoms with van der Waals surface area (Å²) in [4.78, 5) is 3.78. The van der Waals surface area contributed by atoms with Gasteiger partial charge in [0.1, 0.15) is 0 Å². The predicted octanol–water partition coefficient (Wildman–Crippen LogP) is 9.20. The van der Waals surface area contributed by atoms with E-state index in [4.69, 9.17) is 0 Å². The van der Waals surface area contributed by atoms with Gasteiger partial charge in [-0.1, -0.05) is 70.6 Å². The Bertz CT molecular complexity index is 1090. The Labute approximate surface area is 226 Å². The molecule has 6 heteroatoms. The number of hydrogen-bond donors (Lipinski definition) is 0. The Hall–Kier alpha value is -2.02. The first-order valence-corrected chi connectivity index (χ1v) is 14.5. The summed E-state index contributed by atoms with van der Waals surface area (Å²) >= 11 is -2.42. The van der Waals surface area contributed by atoms with Crippen LogP contribution in [-0.4, -0.2) is 15.3 Å². The van der Waals surface area contributed by atoms with Crippen molar-refractivity contribution in [3.8, 4) is 0 Å². The Morgan fingerprint density at radius 1 is 0.778 bits per heavy atom. The summed E-state index contributed by atoms with van der Waals surface area (Å²) in [6.45, 7) is 16.5. The normalized spacial score (nSPS) is 11.0. The number of halogens is 3. The maximum atomic E-state index is 11.9. The van der Waals surface area contributed by atoms with Crippen LogP contribution in [0, 0.1) is 24.9 Å². The van der Waals surface area contributed by atoms with Crippen LogP contribution in [0.25, 0.3) is 10.8 Å². The standard InChI is InChI=1S/C19H26P.C6H4F.C5H5N.2FH.Pt/c1-14-12-13-15-10-8-9-11-16(15)17(14)20(18(2,3)4)19(5,6)7;7-6-4-2-1-3-5-6;1-2-4-6-5-3-1;;;/h8-10,12-13H,1-7H3;2-5H;1-5H;2*1H;/q2*-1;;;;+4/p-2. The molecule has 0 aliphatic carbocycles. The second kappa shape index (κ2) is 16.0. The summed E-state index contributed by atoms with van der Waals surface area (Å²) in [5.74, 6) is -0.209. The summed E-state index contributed by atoms with van der Waals surface area (Å²) in [7, 11) is -0.290. The van der Waals surface area contributed by atoms with E-state index in [1.165, 1.54) is 45.9 Å². The smallest absolute Gasteiger partial charge is 0.0267 e. The molecule has 0 aliphatic rings. The van der Waals surface area contributed by atoms with Crippen LogP contribution >= 0.6 is 7.92 Å². The van der Waals surface area contributed by atoms with E-state index in [1.54, 1.807) is 12.4 Å². The molecular weight excluding hydrogens is 657 g/mol.